The first-order valence-electron chi connectivity index (χ1n) is 14.0. The maximum atomic E-state index is 13.3. The van der Waals surface area contributed by atoms with Gasteiger partial charge in [0.2, 0.25) is 10.0 Å². The number of aliphatic hydroxyl groups is 1. The predicted octanol–water partition coefficient (Wildman–Crippen LogP) is 2.48. The predicted molar refractivity (Wildman–Crippen MR) is 156 cm³/mol. The highest BCUT2D eigenvalue weighted by Gasteiger charge is 2.47. The highest BCUT2D eigenvalue weighted by molar-refractivity contribution is 7.92. The lowest BCUT2D eigenvalue weighted by Gasteiger charge is -2.38. The first-order valence-corrected chi connectivity index (χ1v) is 17.0. The van der Waals surface area contributed by atoms with Crippen molar-refractivity contribution in [3.8, 4) is 5.75 Å². The summed E-state index contributed by atoms with van der Waals surface area (Å²) in [5.74, 6) is 0.246. The van der Waals surface area contributed by atoms with Crippen molar-refractivity contribution in [3.63, 3.8) is 0 Å². The number of rotatable bonds is 10. The van der Waals surface area contributed by atoms with E-state index in [2.05, 4.69) is 9.97 Å². The fourth-order valence-electron chi connectivity index (χ4n) is 5.58. The van der Waals surface area contributed by atoms with Crippen LogP contribution in [0.4, 0.5) is 4.79 Å². The topological polar surface area (TPSA) is 179 Å². The third-order valence-corrected chi connectivity index (χ3v) is 12.1. The number of piperidine rings is 1. The number of hydrogen-bond acceptors (Lipinski definition) is 9. The molecule has 1 spiro atoms. The van der Waals surface area contributed by atoms with Gasteiger partial charge in [0.15, 0.2) is 9.84 Å². The van der Waals surface area contributed by atoms with E-state index in [4.69, 9.17) is 9.47 Å². The summed E-state index contributed by atoms with van der Waals surface area (Å²) in [6, 6.07) is 8.76. The molecule has 1 amide bonds. The molecule has 3 aromatic rings. The molecule has 15 heteroatoms. The maximum absolute atomic E-state index is 13.3. The minimum atomic E-state index is -3.77. The Labute approximate surface area is 250 Å². The molecule has 1 aromatic carbocycles. The molecule has 234 valence electrons. The molecule has 0 radical (unpaired) electrons. The second-order valence-corrected chi connectivity index (χ2v) is 15.7. The zero-order valence-corrected chi connectivity index (χ0v) is 25.6. The molecule has 2 aromatic heterocycles. The molecular weight excluding hydrogens is 600 g/mol. The fraction of sp³-hybridized carbons (Fsp3) is 0.500. The van der Waals surface area contributed by atoms with Gasteiger partial charge in [0.25, 0.3) is 0 Å². The number of H-pyrrole nitrogens is 1. The van der Waals surface area contributed by atoms with Gasteiger partial charge in [-0.2, -0.15) is 4.31 Å². The zero-order chi connectivity index (χ0) is 31.0. The molecule has 0 bridgehead atoms. The molecule has 3 N–H and O–H groups in total. The number of sulfonamides is 1. The van der Waals surface area contributed by atoms with Gasteiger partial charge in [-0.15, -0.1) is 0 Å². The van der Waals surface area contributed by atoms with Gasteiger partial charge in [0.1, 0.15) is 23.4 Å². The summed E-state index contributed by atoms with van der Waals surface area (Å²) in [4.78, 5) is 20.7. The van der Waals surface area contributed by atoms with Crippen molar-refractivity contribution < 1.29 is 41.3 Å². The number of nitrogens with zero attached hydrogens (tertiary/aromatic N) is 3. The fourth-order valence-corrected chi connectivity index (χ4v) is 8.08. The van der Waals surface area contributed by atoms with Crippen molar-refractivity contribution in [2.45, 2.75) is 65.9 Å². The van der Waals surface area contributed by atoms with E-state index in [1.54, 1.807) is 44.3 Å². The van der Waals surface area contributed by atoms with Crippen molar-refractivity contribution in [2.75, 3.05) is 32.8 Å². The van der Waals surface area contributed by atoms with Gasteiger partial charge < -0.3 is 29.6 Å². The second-order valence-electron chi connectivity index (χ2n) is 11.3. The van der Waals surface area contributed by atoms with Crippen LogP contribution in [0.1, 0.15) is 33.1 Å². The highest BCUT2D eigenvalue weighted by Crippen LogP contribution is 2.39. The minimum absolute atomic E-state index is 0.102. The molecule has 2 aliphatic heterocycles. The lowest BCUT2D eigenvalue weighted by molar-refractivity contribution is -0.0319. The normalized spacial score (nSPS) is 20.0. The summed E-state index contributed by atoms with van der Waals surface area (Å²) in [5.41, 5.74) is 0.633. The number of amides is 1. The molecule has 5 rings (SSSR count). The van der Waals surface area contributed by atoms with E-state index in [9.17, 15) is 31.8 Å². The van der Waals surface area contributed by atoms with Crippen molar-refractivity contribution in [3.05, 3.63) is 48.8 Å². The van der Waals surface area contributed by atoms with Crippen LogP contribution >= 0.6 is 0 Å². The van der Waals surface area contributed by atoms with Crippen LogP contribution in [0.15, 0.2) is 58.6 Å². The molecule has 4 heterocycles. The molecule has 2 fully saturated rings. The van der Waals surface area contributed by atoms with E-state index in [0.717, 1.165) is 4.90 Å². The highest BCUT2D eigenvalue weighted by atomic mass is 32.2. The summed E-state index contributed by atoms with van der Waals surface area (Å²) in [7, 11) is -7.28. The molecule has 43 heavy (non-hydrogen) atoms. The van der Waals surface area contributed by atoms with Crippen LogP contribution in [0.5, 0.6) is 5.75 Å². The van der Waals surface area contributed by atoms with Gasteiger partial charge in [0.05, 0.1) is 46.0 Å². The van der Waals surface area contributed by atoms with Gasteiger partial charge in [-0.3, -0.25) is 4.98 Å². The number of carbonyl (C=O) groups is 1. The van der Waals surface area contributed by atoms with Crippen LogP contribution in [-0.2, 0) is 24.6 Å². The Kier molecular flexibility index (Phi) is 8.73. The van der Waals surface area contributed by atoms with Gasteiger partial charge in [-0.05, 0) is 63.4 Å². The summed E-state index contributed by atoms with van der Waals surface area (Å²) in [5, 5.41) is 19.9. The first kappa shape index (κ1) is 31.2. The lowest BCUT2D eigenvalue weighted by Crippen LogP contribution is -2.48. The summed E-state index contributed by atoms with van der Waals surface area (Å²) >= 11 is 0. The molecule has 0 aliphatic carbocycles. The maximum Gasteiger partial charge on any atom is 0.407 e. The number of sulfone groups is 1. The second kappa shape index (κ2) is 12.0. The third kappa shape index (κ3) is 6.50. The van der Waals surface area contributed by atoms with E-state index < -0.39 is 49.0 Å². The Morgan fingerprint density at radius 3 is 2.63 bits per heavy atom. The average molecular weight is 637 g/mol. The van der Waals surface area contributed by atoms with E-state index in [-0.39, 0.29) is 48.4 Å². The largest absolute Gasteiger partial charge is 0.491 e. The smallest absolute Gasteiger partial charge is 0.407 e. The Balaban J connectivity index is 1.17. The van der Waals surface area contributed by atoms with Crippen LogP contribution in [0.2, 0.25) is 0 Å². The number of fused-ring (bicyclic) bond motifs is 1. The molecule has 0 saturated carbocycles. The Hall–Kier alpha value is -3.24. The van der Waals surface area contributed by atoms with Crippen LogP contribution in [0, 0.1) is 0 Å². The summed E-state index contributed by atoms with van der Waals surface area (Å²) in [6.07, 6.45) is 1.80. The van der Waals surface area contributed by atoms with Gasteiger partial charge >= 0.3 is 6.09 Å². The summed E-state index contributed by atoms with van der Waals surface area (Å²) < 4.78 is 64.6. The van der Waals surface area contributed by atoms with Crippen molar-refractivity contribution in [1.29, 1.82) is 0 Å². The van der Waals surface area contributed by atoms with Crippen LogP contribution < -0.4 is 4.74 Å². The molecule has 2 unspecified atom stereocenters. The van der Waals surface area contributed by atoms with E-state index >= 15 is 0 Å². The third-order valence-electron chi connectivity index (χ3n) is 8.13. The first-order chi connectivity index (χ1) is 20.3. The van der Waals surface area contributed by atoms with Gasteiger partial charge in [-0.25, -0.2) is 21.6 Å². The van der Waals surface area contributed by atoms with E-state index in [0.29, 0.717) is 30.3 Å². The SMILES string of the molecule is CC(C)S(=O)(=O)c1cccc(OCC(O)CN(C(=O)O)C2COC3(CCN(S(=O)(=O)c4cnc5cc[nH]c5c4)CC3)C2)c1. The number of hydrogen-bond donors (Lipinski definition) is 3. The summed E-state index contributed by atoms with van der Waals surface area (Å²) in [6.45, 7) is 3.23. The molecule has 13 nitrogen and oxygen atoms in total. The number of ether oxygens (including phenoxy) is 2. The number of nitrogens with one attached hydrogen (secondary N) is 1. The number of aromatic nitrogens is 2. The minimum Gasteiger partial charge on any atom is -0.491 e. The van der Waals surface area contributed by atoms with E-state index in [1.807, 2.05) is 0 Å². The number of carboxylic acid groups (broad SMARTS) is 1. The number of aliphatic hydroxyl groups excluding tert-OH is 1. The Morgan fingerprint density at radius 2 is 1.93 bits per heavy atom. The Bertz CT molecular complexity index is 1680. The number of benzene rings is 1. The van der Waals surface area contributed by atoms with Gasteiger partial charge in [0, 0.05) is 25.5 Å². The van der Waals surface area contributed by atoms with Crippen LogP contribution in [0.25, 0.3) is 11.0 Å². The van der Waals surface area contributed by atoms with Crippen molar-refractivity contribution in [1.82, 2.24) is 19.2 Å². The lowest BCUT2D eigenvalue weighted by atomic mass is 9.88. The zero-order valence-electron chi connectivity index (χ0n) is 23.9. The molecule has 2 aliphatic rings. The number of pyridine rings is 1. The van der Waals surface area contributed by atoms with Crippen molar-refractivity contribution >= 4 is 37.0 Å². The van der Waals surface area contributed by atoms with Crippen LogP contribution in [0.3, 0.4) is 0 Å². The quantitative estimate of drug-likeness (QED) is 0.299. The molecular formula is C28H36N4O9S2. The molecule has 2 saturated heterocycles. The molecule has 2 atom stereocenters. The van der Waals surface area contributed by atoms with Crippen LogP contribution in [-0.4, -0.2) is 108 Å². The number of aromatic amines is 1. The van der Waals surface area contributed by atoms with Gasteiger partial charge in [-0.1, -0.05) is 6.07 Å². The average Bonchev–Trinajstić information content (AvgIpc) is 3.62. The Morgan fingerprint density at radius 1 is 1.19 bits per heavy atom. The van der Waals surface area contributed by atoms with Crippen molar-refractivity contribution in [2.24, 2.45) is 0 Å². The monoisotopic (exact) mass is 636 g/mol. The standard InChI is InChI=1S/C28H36N4O9S2/c1-19(2)42(36,37)23-5-3-4-22(12-23)40-18-21(33)16-32(27(34)35)20-14-28(41-17-20)7-10-31(11-8-28)43(38,39)24-13-26-25(30-15-24)6-9-29-26/h3-6,9,12-13,15,19-21,29,33H,7-8,10-11,14,16-18H2,1-2H3,(H,34,35). The van der Waals surface area contributed by atoms with E-state index in [1.165, 1.54) is 22.6 Å².